The third kappa shape index (κ3) is 2.85. The number of amides is 2. The summed E-state index contributed by atoms with van der Waals surface area (Å²) < 4.78 is 0. The van der Waals surface area contributed by atoms with Gasteiger partial charge in [-0.25, -0.2) is 4.98 Å². The van der Waals surface area contributed by atoms with Crippen LogP contribution in [-0.2, 0) is 4.79 Å². The van der Waals surface area contributed by atoms with Crippen molar-refractivity contribution in [3.8, 4) is 0 Å². The van der Waals surface area contributed by atoms with Gasteiger partial charge in [-0.2, -0.15) is 0 Å². The minimum Gasteiger partial charge on any atom is -0.345 e. The van der Waals surface area contributed by atoms with Crippen LogP contribution in [0.15, 0.2) is 0 Å². The van der Waals surface area contributed by atoms with Crippen LogP contribution in [0, 0.1) is 6.92 Å². The van der Waals surface area contributed by atoms with Gasteiger partial charge in [0.05, 0.1) is 0 Å². The Morgan fingerprint density at radius 1 is 1.61 bits per heavy atom. The van der Waals surface area contributed by atoms with Crippen LogP contribution in [0.2, 0.25) is 0 Å². The average molecular weight is 251 g/mol. The lowest BCUT2D eigenvalue weighted by Gasteiger charge is -2.21. The molecule has 2 rings (SSSR count). The first-order chi connectivity index (χ1) is 8.56. The summed E-state index contributed by atoms with van der Waals surface area (Å²) >= 11 is 0. The van der Waals surface area contributed by atoms with Gasteiger partial charge in [-0.3, -0.25) is 14.7 Å². The van der Waals surface area contributed by atoms with Crippen molar-refractivity contribution in [2.45, 2.75) is 32.7 Å². The predicted molar refractivity (Wildman–Crippen MR) is 63.9 cm³/mol. The van der Waals surface area contributed by atoms with Gasteiger partial charge in [-0.1, -0.05) is 0 Å². The van der Waals surface area contributed by atoms with Gasteiger partial charge in [0.25, 0.3) is 5.91 Å². The quantitative estimate of drug-likeness (QED) is 0.778. The molecule has 0 saturated carbocycles. The first-order valence-electron chi connectivity index (χ1n) is 6.04. The normalized spacial score (nSPS) is 17.0. The van der Waals surface area contributed by atoms with Crippen LogP contribution in [0.5, 0.6) is 0 Å². The van der Waals surface area contributed by atoms with Crippen molar-refractivity contribution in [2.24, 2.45) is 0 Å². The van der Waals surface area contributed by atoms with Gasteiger partial charge < -0.3 is 10.2 Å². The third-order valence-corrected chi connectivity index (χ3v) is 2.84. The Morgan fingerprint density at radius 2 is 2.39 bits per heavy atom. The first kappa shape index (κ1) is 12.5. The van der Waals surface area contributed by atoms with Crippen LogP contribution >= 0.6 is 0 Å². The van der Waals surface area contributed by atoms with Crippen molar-refractivity contribution in [3.05, 3.63) is 11.6 Å². The number of H-pyrrole nitrogens is 1. The summed E-state index contributed by atoms with van der Waals surface area (Å²) in [6.07, 6.45) is 1.51. The number of rotatable bonds is 4. The highest BCUT2D eigenvalue weighted by Crippen LogP contribution is 2.09. The van der Waals surface area contributed by atoms with E-state index in [0.29, 0.717) is 18.8 Å². The van der Waals surface area contributed by atoms with Crippen LogP contribution in [-0.4, -0.2) is 51.0 Å². The fourth-order valence-electron chi connectivity index (χ4n) is 2.01. The van der Waals surface area contributed by atoms with Gasteiger partial charge in [-0.05, 0) is 20.3 Å². The van der Waals surface area contributed by atoms with E-state index in [1.54, 1.807) is 11.8 Å². The number of carbonyl (C=O) groups is 2. The third-order valence-electron chi connectivity index (χ3n) is 2.84. The second kappa shape index (κ2) is 5.16. The molecule has 0 radical (unpaired) electrons. The molecule has 0 spiro atoms. The molecule has 1 aromatic rings. The zero-order chi connectivity index (χ0) is 13.1. The van der Waals surface area contributed by atoms with E-state index in [1.807, 2.05) is 6.92 Å². The fraction of sp³-hybridized carbons (Fsp3) is 0.636. The molecule has 7 nitrogen and oxygen atoms in total. The summed E-state index contributed by atoms with van der Waals surface area (Å²) in [5.41, 5.74) is 0. The van der Waals surface area contributed by atoms with E-state index < -0.39 is 0 Å². The van der Waals surface area contributed by atoms with Gasteiger partial charge in [0.15, 0.2) is 0 Å². The molecule has 1 saturated heterocycles. The Morgan fingerprint density at radius 3 is 2.94 bits per heavy atom. The van der Waals surface area contributed by atoms with Gasteiger partial charge in [-0.15, -0.1) is 5.10 Å². The Balaban J connectivity index is 1.85. The molecule has 0 aromatic carbocycles. The maximum absolute atomic E-state index is 11.8. The number of carbonyl (C=O) groups excluding carboxylic acids is 2. The Bertz CT molecular complexity index is 456. The second-order valence-corrected chi connectivity index (χ2v) is 4.56. The molecule has 98 valence electrons. The highest BCUT2D eigenvalue weighted by atomic mass is 16.2. The number of aromatic nitrogens is 3. The second-order valence-electron chi connectivity index (χ2n) is 4.56. The van der Waals surface area contributed by atoms with Crippen molar-refractivity contribution in [1.29, 1.82) is 0 Å². The molecule has 1 aromatic heterocycles. The number of hydrogen-bond acceptors (Lipinski definition) is 4. The predicted octanol–water partition coefficient (Wildman–Crippen LogP) is -0.146. The number of nitrogens with zero attached hydrogens (tertiary/aromatic N) is 3. The molecule has 2 N–H and O–H groups in total. The highest BCUT2D eigenvalue weighted by Gasteiger charge is 2.23. The molecule has 1 aliphatic heterocycles. The van der Waals surface area contributed by atoms with Gasteiger partial charge in [0.2, 0.25) is 11.7 Å². The SMILES string of the molecule is Cc1nc(C(=O)NC(C)CN2CCCC2=O)n[nH]1. The van der Waals surface area contributed by atoms with E-state index in [-0.39, 0.29) is 23.7 Å². The van der Waals surface area contributed by atoms with Crippen LogP contribution in [0.25, 0.3) is 0 Å². The van der Waals surface area contributed by atoms with Crippen LogP contribution in [0.1, 0.15) is 36.2 Å². The molecule has 2 amide bonds. The molecule has 0 bridgehead atoms. The molecule has 1 atom stereocenters. The monoisotopic (exact) mass is 251 g/mol. The molecule has 0 aliphatic carbocycles. The van der Waals surface area contributed by atoms with E-state index in [0.717, 1.165) is 13.0 Å². The minimum atomic E-state index is -0.321. The summed E-state index contributed by atoms with van der Waals surface area (Å²) in [5.74, 6) is 0.568. The smallest absolute Gasteiger partial charge is 0.291 e. The number of hydrogen-bond donors (Lipinski definition) is 2. The van der Waals surface area contributed by atoms with E-state index in [2.05, 4.69) is 20.5 Å². The Kier molecular flexibility index (Phi) is 3.59. The maximum Gasteiger partial charge on any atom is 0.291 e. The lowest BCUT2D eigenvalue weighted by Crippen LogP contribution is -2.42. The lowest BCUT2D eigenvalue weighted by molar-refractivity contribution is -0.127. The van der Waals surface area contributed by atoms with Crippen LogP contribution < -0.4 is 5.32 Å². The molecule has 1 fully saturated rings. The van der Waals surface area contributed by atoms with Crippen molar-refractivity contribution >= 4 is 11.8 Å². The average Bonchev–Trinajstić information content (AvgIpc) is 2.89. The molecule has 18 heavy (non-hydrogen) atoms. The summed E-state index contributed by atoms with van der Waals surface area (Å²) in [7, 11) is 0. The van der Waals surface area contributed by atoms with Crippen molar-refractivity contribution in [2.75, 3.05) is 13.1 Å². The Labute approximate surface area is 105 Å². The Hall–Kier alpha value is -1.92. The van der Waals surface area contributed by atoms with Crippen molar-refractivity contribution in [3.63, 3.8) is 0 Å². The zero-order valence-corrected chi connectivity index (χ0v) is 10.6. The van der Waals surface area contributed by atoms with E-state index in [1.165, 1.54) is 0 Å². The van der Waals surface area contributed by atoms with Gasteiger partial charge >= 0.3 is 0 Å². The minimum absolute atomic E-state index is 0.113. The summed E-state index contributed by atoms with van der Waals surface area (Å²) in [5, 5.41) is 9.18. The van der Waals surface area contributed by atoms with Crippen LogP contribution in [0.3, 0.4) is 0 Å². The van der Waals surface area contributed by atoms with E-state index >= 15 is 0 Å². The number of nitrogens with one attached hydrogen (secondary N) is 2. The first-order valence-corrected chi connectivity index (χ1v) is 6.04. The molecule has 7 heteroatoms. The van der Waals surface area contributed by atoms with E-state index in [9.17, 15) is 9.59 Å². The topological polar surface area (TPSA) is 91.0 Å². The lowest BCUT2D eigenvalue weighted by atomic mass is 10.3. The van der Waals surface area contributed by atoms with Crippen molar-refractivity contribution < 1.29 is 9.59 Å². The number of aryl methyl sites for hydroxylation is 1. The van der Waals surface area contributed by atoms with Gasteiger partial charge in [0.1, 0.15) is 5.82 Å². The molecular weight excluding hydrogens is 234 g/mol. The maximum atomic E-state index is 11.8. The summed E-state index contributed by atoms with van der Waals surface area (Å²) in [4.78, 5) is 28.9. The summed E-state index contributed by atoms with van der Waals surface area (Å²) in [6, 6.07) is -0.113. The summed E-state index contributed by atoms with van der Waals surface area (Å²) in [6.45, 7) is 4.91. The largest absolute Gasteiger partial charge is 0.345 e. The standard InChI is InChI=1S/C11H17N5O2/c1-7(6-16-5-3-4-9(16)17)12-11(18)10-13-8(2)14-15-10/h7H,3-6H2,1-2H3,(H,12,18)(H,13,14,15). The highest BCUT2D eigenvalue weighted by molar-refractivity contribution is 5.90. The zero-order valence-electron chi connectivity index (χ0n) is 10.6. The van der Waals surface area contributed by atoms with E-state index in [4.69, 9.17) is 0 Å². The number of likely N-dealkylation sites (tertiary alicyclic amines) is 1. The van der Waals surface area contributed by atoms with Gasteiger partial charge in [0, 0.05) is 25.6 Å². The number of aromatic amines is 1. The fourth-order valence-corrected chi connectivity index (χ4v) is 2.01. The van der Waals surface area contributed by atoms with Crippen LogP contribution in [0.4, 0.5) is 0 Å². The molecule has 1 unspecified atom stereocenters. The van der Waals surface area contributed by atoms with Crippen molar-refractivity contribution in [1.82, 2.24) is 25.4 Å². The molecular formula is C11H17N5O2. The molecule has 1 aliphatic rings. The molecule has 2 heterocycles.